The van der Waals surface area contributed by atoms with Crippen LogP contribution in [0, 0.1) is 0 Å². The van der Waals surface area contributed by atoms with E-state index in [-0.39, 0.29) is 5.78 Å². The third-order valence-electron chi connectivity index (χ3n) is 4.62. The maximum absolute atomic E-state index is 12.9. The highest BCUT2D eigenvalue weighted by Crippen LogP contribution is 2.36. The minimum Gasteiger partial charge on any atom is -0.455 e. The molecule has 0 atom stereocenters. The molecule has 0 bridgehead atoms. The van der Waals surface area contributed by atoms with Gasteiger partial charge in [-0.25, -0.2) is 0 Å². The molecule has 4 aromatic rings. The second kappa shape index (κ2) is 7.90. The van der Waals surface area contributed by atoms with Crippen molar-refractivity contribution in [2.24, 2.45) is 0 Å². The molecule has 0 aliphatic rings. The van der Waals surface area contributed by atoms with Crippen LogP contribution in [0.3, 0.4) is 0 Å². The Morgan fingerprint density at radius 2 is 1.38 bits per heavy atom. The molecule has 0 aliphatic carbocycles. The van der Waals surface area contributed by atoms with Crippen molar-refractivity contribution in [2.45, 2.75) is 0 Å². The van der Waals surface area contributed by atoms with Gasteiger partial charge in [0, 0.05) is 22.4 Å². The summed E-state index contributed by atoms with van der Waals surface area (Å²) in [4.78, 5) is 12.9. The summed E-state index contributed by atoms with van der Waals surface area (Å²) in [6.45, 7) is 0. The van der Waals surface area contributed by atoms with Gasteiger partial charge in [0.05, 0.1) is 5.69 Å². The molecule has 0 spiro atoms. The van der Waals surface area contributed by atoms with Crippen LogP contribution in [0.25, 0.3) is 11.1 Å². The lowest BCUT2D eigenvalue weighted by Gasteiger charge is -2.14. The highest BCUT2D eigenvalue weighted by molar-refractivity contribution is 6.09. The van der Waals surface area contributed by atoms with Crippen LogP contribution in [-0.2, 0) is 0 Å². The monoisotopic (exact) mass is 380 g/mol. The van der Waals surface area contributed by atoms with Crippen molar-refractivity contribution in [2.75, 3.05) is 11.5 Å². The summed E-state index contributed by atoms with van der Waals surface area (Å²) >= 11 is 0. The van der Waals surface area contributed by atoms with Gasteiger partial charge in [-0.15, -0.1) is 0 Å². The molecule has 0 fully saturated rings. The predicted octanol–water partition coefficient (Wildman–Crippen LogP) is 5.54. The molecule has 0 saturated heterocycles. The van der Waals surface area contributed by atoms with E-state index in [1.807, 2.05) is 54.6 Å². The van der Waals surface area contributed by atoms with Crippen molar-refractivity contribution in [3.63, 3.8) is 0 Å². The van der Waals surface area contributed by atoms with Gasteiger partial charge in [0.15, 0.2) is 11.5 Å². The molecule has 29 heavy (non-hydrogen) atoms. The quantitative estimate of drug-likeness (QED) is 0.352. The van der Waals surface area contributed by atoms with Gasteiger partial charge >= 0.3 is 0 Å². The van der Waals surface area contributed by atoms with Crippen LogP contribution in [0.5, 0.6) is 11.5 Å². The fraction of sp³-hybridized carbons (Fsp3) is 0. The van der Waals surface area contributed by atoms with E-state index in [1.54, 1.807) is 42.5 Å². The zero-order chi connectivity index (χ0) is 20.2. The summed E-state index contributed by atoms with van der Waals surface area (Å²) in [5.41, 5.74) is 15.9. The second-order valence-electron chi connectivity index (χ2n) is 6.67. The van der Waals surface area contributed by atoms with Gasteiger partial charge in [0.1, 0.15) is 5.75 Å². The lowest BCUT2D eigenvalue weighted by molar-refractivity contribution is 0.103. The molecule has 4 aromatic carbocycles. The van der Waals surface area contributed by atoms with Gasteiger partial charge in [0.2, 0.25) is 0 Å². The molecular formula is C25H20N2O2. The van der Waals surface area contributed by atoms with E-state index in [9.17, 15) is 4.79 Å². The van der Waals surface area contributed by atoms with Crippen LogP contribution >= 0.6 is 0 Å². The highest BCUT2D eigenvalue weighted by atomic mass is 16.5. The van der Waals surface area contributed by atoms with Crippen molar-refractivity contribution in [3.8, 4) is 22.6 Å². The summed E-state index contributed by atoms with van der Waals surface area (Å²) in [6, 6.07) is 29.6. The number of para-hydroxylation sites is 1. The smallest absolute Gasteiger partial charge is 0.193 e. The molecule has 142 valence electrons. The number of rotatable bonds is 5. The van der Waals surface area contributed by atoms with Crippen LogP contribution in [-0.4, -0.2) is 5.78 Å². The van der Waals surface area contributed by atoms with Gasteiger partial charge in [-0.05, 0) is 42.0 Å². The largest absolute Gasteiger partial charge is 0.455 e. The molecule has 4 rings (SSSR count). The van der Waals surface area contributed by atoms with Gasteiger partial charge in [-0.2, -0.15) is 0 Å². The Balaban J connectivity index is 1.69. The lowest BCUT2D eigenvalue weighted by atomic mass is 10.0. The minimum atomic E-state index is -0.140. The van der Waals surface area contributed by atoms with E-state index < -0.39 is 0 Å². The zero-order valence-electron chi connectivity index (χ0n) is 15.7. The zero-order valence-corrected chi connectivity index (χ0v) is 15.7. The van der Waals surface area contributed by atoms with E-state index in [2.05, 4.69) is 0 Å². The van der Waals surface area contributed by atoms with Crippen LogP contribution < -0.4 is 16.2 Å². The molecule has 0 radical (unpaired) electrons. The third kappa shape index (κ3) is 3.96. The molecular weight excluding hydrogens is 360 g/mol. The Labute approximate surface area is 169 Å². The molecule has 4 nitrogen and oxygen atoms in total. The number of hydrogen-bond donors (Lipinski definition) is 2. The Hall–Kier alpha value is -4.05. The molecule has 0 saturated carbocycles. The summed E-state index contributed by atoms with van der Waals surface area (Å²) in [5, 5.41) is 0. The number of ketones is 1. The Morgan fingerprint density at radius 3 is 2.17 bits per heavy atom. The standard InChI is InChI=1S/C25H20N2O2/c26-20-10-6-9-18(15-20)25(28)19-13-14-22(27)24(16-19)29-23-12-5-4-11-21(23)17-7-2-1-3-8-17/h1-16H,26-27H2. The minimum absolute atomic E-state index is 0.140. The number of nitrogens with two attached hydrogens (primary N) is 2. The first-order valence-corrected chi connectivity index (χ1v) is 9.24. The normalized spacial score (nSPS) is 10.5. The molecule has 4 N–H and O–H groups in total. The molecule has 0 aliphatic heterocycles. The topological polar surface area (TPSA) is 78.3 Å². The number of anilines is 2. The first kappa shape index (κ1) is 18.3. The summed E-state index contributed by atoms with van der Waals surface area (Å²) < 4.78 is 6.14. The Morgan fingerprint density at radius 1 is 0.655 bits per heavy atom. The van der Waals surface area contributed by atoms with Crippen molar-refractivity contribution >= 4 is 17.2 Å². The SMILES string of the molecule is Nc1cccc(C(=O)c2ccc(N)c(Oc3ccccc3-c3ccccc3)c2)c1. The second-order valence-corrected chi connectivity index (χ2v) is 6.67. The number of hydrogen-bond acceptors (Lipinski definition) is 4. The van der Waals surface area contributed by atoms with Gasteiger partial charge in [-0.1, -0.05) is 60.7 Å². The van der Waals surface area contributed by atoms with Crippen molar-refractivity contribution in [3.05, 3.63) is 108 Å². The van der Waals surface area contributed by atoms with E-state index in [0.717, 1.165) is 11.1 Å². The van der Waals surface area contributed by atoms with E-state index in [0.29, 0.717) is 34.0 Å². The first-order chi connectivity index (χ1) is 14.1. The lowest BCUT2D eigenvalue weighted by Crippen LogP contribution is -2.03. The van der Waals surface area contributed by atoms with Crippen molar-refractivity contribution in [1.29, 1.82) is 0 Å². The number of carbonyl (C=O) groups is 1. The maximum atomic E-state index is 12.9. The summed E-state index contributed by atoms with van der Waals surface area (Å²) in [7, 11) is 0. The average Bonchev–Trinajstić information content (AvgIpc) is 2.76. The molecule has 4 heteroatoms. The number of carbonyl (C=O) groups excluding carboxylic acids is 1. The van der Waals surface area contributed by atoms with Crippen molar-refractivity contribution in [1.82, 2.24) is 0 Å². The fourth-order valence-corrected chi connectivity index (χ4v) is 3.14. The van der Waals surface area contributed by atoms with Gasteiger partial charge in [-0.3, -0.25) is 4.79 Å². The highest BCUT2D eigenvalue weighted by Gasteiger charge is 2.14. The van der Waals surface area contributed by atoms with Gasteiger partial charge < -0.3 is 16.2 Å². The summed E-state index contributed by atoms with van der Waals surface area (Å²) in [5.74, 6) is 0.959. The predicted molar refractivity (Wildman–Crippen MR) is 117 cm³/mol. The van der Waals surface area contributed by atoms with Crippen LogP contribution in [0.1, 0.15) is 15.9 Å². The molecule has 0 amide bonds. The Bertz CT molecular complexity index is 1170. The number of benzene rings is 4. The fourth-order valence-electron chi connectivity index (χ4n) is 3.14. The Kier molecular flexibility index (Phi) is 4.99. The first-order valence-electron chi connectivity index (χ1n) is 9.24. The summed E-state index contributed by atoms with van der Waals surface area (Å²) in [6.07, 6.45) is 0. The van der Waals surface area contributed by atoms with Crippen LogP contribution in [0.2, 0.25) is 0 Å². The van der Waals surface area contributed by atoms with Gasteiger partial charge in [0.25, 0.3) is 0 Å². The molecule has 0 unspecified atom stereocenters. The number of ether oxygens (including phenoxy) is 1. The molecule has 0 heterocycles. The van der Waals surface area contributed by atoms with Crippen LogP contribution in [0.4, 0.5) is 11.4 Å². The van der Waals surface area contributed by atoms with E-state index >= 15 is 0 Å². The molecule has 0 aromatic heterocycles. The third-order valence-corrected chi connectivity index (χ3v) is 4.62. The average molecular weight is 380 g/mol. The van der Waals surface area contributed by atoms with E-state index in [4.69, 9.17) is 16.2 Å². The maximum Gasteiger partial charge on any atom is 0.193 e. The van der Waals surface area contributed by atoms with Crippen LogP contribution in [0.15, 0.2) is 97.1 Å². The van der Waals surface area contributed by atoms with E-state index in [1.165, 1.54) is 0 Å². The number of nitrogen functional groups attached to an aromatic ring is 2. The van der Waals surface area contributed by atoms with Crippen molar-refractivity contribution < 1.29 is 9.53 Å².